The third kappa shape index (κ3) is 8.53. The number of hydrogen-bond donors (Lipinski definition) is 1. The van der Waals surface area contributed by atoms with E-state index in [0.717, 1.165) is 56.4 Å². The molecular formula is C33H54O4Si. The predicted molar refractivity (Wildman–Crippen MR) is 162 cm³/mol. The van der Waals surface area contributed by atoms with Gasteiger partial charge in [0.1, 0.15) is 11.5 Å². The standard InChI is InChI=1S/C33H54O4Si/c1-10-33(23-20-18-16-14-12-11-13-15-17-19-21-29(34)35)24-22-28-27(4)30(25(2)26(3)31(28)36-33)37-38(8,9)32(5,6)7/h1H,11-24H2,2-9H3,(H,34,35). The van der Waals surface area contributed by atoms with Crippen LogP contribution in [0.4, 0.5) is 0 Å². The van der Waals surface area contributed by atoms with Crippen molar-refractivity contribution in [3.05, 3.63) is 22.3 Å². The van der Waals surface area contributed by atoms with E-state index in [1.165, 1.54) is 60.8 Å². The molecular weight excluding hydrogens is 488 g/mol. The van der Waals surface area contributed by atoms with Gasteiger partial charge in [0.2, 0.25) is 0 Å². The molecule has 5 heteroatoms. The van der Waals surface area contributed by atoms with Crippen molar-refractivity contribution in [2.24, 2.45) is 0 Å². The van der Waals surface area contributed by atoms with Crippen LogP contribution in [0, 0.1) is 33.1 Å². The van der Waals surface area contributed by atoms with Crippen molar-refractivity contribution in [2.45, 2.75) is 155 Å². The van der Waals surface area contributed by atoms with Crippen LogP contribution in [0.1, 0.15) is 126 Å². The molecule has 2 rings (SSSR count). The van der Waals surface area contributed by atoms with E-state index < -0.39 is 19.9 Å². The molecule has 0 bridgehead atoms. The van der Waals surface area contributed by atoms with E-state index in [0.29, 0.717) is 6.42 Å². The second-order valence-electron chi connectivity index (χ2n) is 13.0. The van der Waals surface area contributed by atoms with Crippen molar-refractivity contribution in [2.75, 3.05) is 0 Å². The van der Waals surface area contributed by atoms with Gasteiger partial charge < -0.3 is 14.3 Å². The zero-order valence-electron chi connectivity index (χ0n) is 25.6. The number of carboxylic acid groups (broad SMARTS) is 1. The Kier molecular flexibility index (Phi) is 11.8. The van der Waals surface area contributed by atoms with Crippen molar-refractivity contribution in [3.63, 3.8) is 0 Å². The first kappa shape index (κ1) is 32.3. The SMILES string of the molecule is C#CC1(CCCCCCCCCCCCC(=O)O)CCc2c(C)c(O[Si](C)(C)C(C)(C)C)c(C)c(C)c2O1. The third-order valence-electron chi connectivity index (χ3n) is 9.04. The average Bonchev–Trinajstić information content (AvgIpc) is 2.85. The van der Waals surface area contributed by atoms with E-state index in [4.69, 9.17) is 20.7 Å². The molecule has 0 saturated carbocycles. The number of unbranched alkanes of at least 4 members (excludes halogenated alkanes) is 9. The van der Waals surface area contributed by atoms with Crippen LogP contribution in [0.2, 0.25) is 18.1 Å². The van der Waals surface area contributed by atoms with Gasteiger partial charge in [-0.05, 0) is 81.3 Å². The Morgan fingerprint density at radius 3 is 1.97 bits per heavy atom. The monoisotopic (exact) mass is 542 g/mol. The molecule has 1 aromatic rings. The number of fused-ring (bicyclic) bond motifs is 1. The first-order valence-corrected chi connectivity index (χ1v) is 17.9. The van der Waals surface area contributed by atoms with Crippen LogP contribution < -0.4 is 9.16 Å². The van der Waals surface area contributed by atoms with Crippen LogP contribution in [-0.4, -0.2) is 25.0 Å². The van der Waals surface area contributed by atoms with Crippen LogP contribution >= 0.6 is 0 Å². The van der Waals surface area contributed by atoms with Crippen molar-refractivity contribution >= 4 is 14.3 Å². The van der Waals surface area contributed by atoms with E-state index in [2.05, 4.69) is 60.6 Å². The molecule has 1 heterocycles. The van der Waals surface area contributed by atoms with Gasteiger partial charge in [0.05, 0.1) is 0 Å². The fraction of sp³-hybridized carbons (Fsp3) is 0.727. The van der Waals surface area contributed by atoms with Crippen molar-refractivity contribution in [3.8, 4) is 23.8 Å². The molecule has 1 N–H and O–H groups in total. The highest BCUT2D eigenvalue weighted by molar-refractivity contribution is 6.74. The Morgan fingerprint density at radius 1 is 0.947 bits per heavy atom. The summed E-state index contributed by atoms with van der Waals surface area (Å²) in [5, 5.41) is 8.84. The maximum atomic E-state index is 10.6. The lowest BCUT2D eigenvalue weighted by molar-refractivity contribution is -0.137. The average molecular weight is 543 g/mol. The number of rotatable bonds is 15. The molecule has 0 aromatic heterocycles. The van der Waals surface area contributed by atoms with Crippen molar-refractivity contribution in [1.29, 1.82) is 0 Å². The number of benzene rings is 1. The Morgan fingerprint density at radius 2 is 1.47 bits per heavy atom. The molecule has 1 unspecified atom stereocenters. The molecule has 0 fully saturated rings. The summed E-state index contributed by atoms with van der Waals surface area (Å²) in [7, 11) is -1.95. The fourth-order valence-corrected chi connectivity index (χ4v) is 6.30. The van der Waals surface area contributed by atoms with Crippen molar-refractivity contribution < 1.29 is 19.1 Å². The predicted octanol–water partition coefficient (Wildman–Crippen LogP) is 9.46. The second kappa shape index (κ2) is 13.9. The minimum atomic E-state index is -1.95. The van der Waals surface area contributed by atoms with Gasteiger partial charge in [-0.25, -0.2) is 0 Å². The van der Waals surface area contributed by atoms with Crippen LogP contribution in [0.25, 0.3) is 0 Å². The van der Waals surface area contributed by atoms with E-state index in [1.54, 1.807) is 0 Å². The van der Waals surface area contributed by atoms with E-state index in [-0.39, 0.29) is 5.04 Å². The molecule has 214 valence electrons. The smallest absolute Gasteiger partial charge is 0.303 e. The lowest BCUT2D eigenvalue weighted by atomic mass is 9.84. The summed E-state index contributed by atoms with van der Waals surface area (Å²) in [6.45, 7) is 18.0. The Balaban J connectivity index is 1.89. The molecule has 4 nitrogen and oxygen atoms in total. The van der Waals surface area contributed by atoms with Gasteiger partial charge in [-0.15, -0.1) is 6.42 Å². The molecule has 0 radical (unpaired) electrons. The topological polar surface area (TPSA) is 55.8 Å². The van der Waals surface area contributed by atoms with Gasteiger partial charge in [-0.1, -0.05) is 78.1 Å². The second-order valence-corrected chi connectivity index (χ2v) is 17.8. The van der Waals surface area contributed by atoms with E-state index in [9.17, 15) is 4.79 Å². The molecule has 1 atom stereocenters. The van der Waals surface area contributed by atoms with Crippen LogP contribution in [-0.2, 0) is 11.2 Å². The maximum Gasteiger partial charge on any atom is 0.303 e. The third-order valence-corrected chi connectivity index (χ3v) is 13.4. The highest BCUT2D eigenvalue weighted by atomic mass is 28.4. The lowest BCUT2D eigenvalue weighted by Crippen LogP contribution is -2.44. The summed E-state index contributed by atoms with van der Waals surface area (Å²) >= 11 is 0. The minimum absolute atomic E-state index is 0.147. The normalized spacial score (nSPS) is 17.4. The number of carbonyl (C=O) groups is 1. The summed E-state index contributed by atoms with van der Waals surface area (Å²) in [6.07, 6.45) is 20.6. The molecule has 0 spiro atoms. The van der Waals surface area contributed by atoms with Gasteiger partial charge in [0.15, 0.2) is 5.60 Å². The number of hydrogen-bond acceptors (Lipinski definition) is 3. The number of terminal acetylenes is 1. The van der Waals surface area contributed by atoms with Crippen molar-refractivity contribution in [1.82, 2.24) is 0 Å². The quantitative estimate of drug-likeness (QED) is 0.136. The summed E-state index contributed by atoms with van der Waals surface area (Å²) < 4.78 is 13.5. The molecule has 0 aliphatic carbocycles. The molecule has 1 aliphatic rings. The first-order chi connectivity index (χ1) is 17.7. The largest absolute Gasteiger partial charge is 0.543 e. The fourth-order valence-electron chi connectivity index (χ4n) is 5.18. The molecule has 1 aromatic carbocycles. The summed E-state index contributed by atoms with van der Waals surface area (Å²) in [4.78, 5) is 10.6. The van der Waals surface area contributed by atoms with E-state index in [1.807, 2.05) is 0 Å². The first-order valence-electron chi connectivity index (χ1n) is 14.9. The number of aliphatic carboxylic acids is 1. The summed E-state index contributed by atoms with van der Waals surface area (Å²) in [5.41, 5.74) is 4.34. The van der Waals surface area contributed by atoms with Crippen LogP contribution in [0.3, 0.4) is 0 Å². The molecule has 1 aliphatic heterocycles. The summed E-state index contributed by atoms with van der Waals surface area (Å²) in [6, 6.07) is 0. The minimum Gasteiger partial charge on any atom is -0.543 e. The lowest BCUT2D eigenvalue weighted by Gasteiger charge is -2.40. The Labute approximate surface area is 234 Å². The Hall–Kier alpha value is -1.93. The highest BCUT2D eigenvalue weighted by Gasteiger charge is 2.41. The van der Waals surface area contributed by atoms with Gasteiger partial charge in [-0.2, -0.15) is 0 Å². The Bertz CT molecular complexity index is 982. The summed E-state index contributed by atoms with van der Waals surface area (Å²) in [5.74, 6) is 4.43. The van der Waals surface area contributed by atoms with Crippen LogP contribution in [0.5, 0.6) is 11.5 Å². The zero-order chi connectivity index (χ0) is 28.6. The maximum absolute atomic E-state index is 10.6. The van der Waals surface area contributed by atoms with Crippen LogP contribution in [0.15, 0.2) is 0 Å². The van der Waals surface area contributed by atoms with Gasteiger partial charge in [0, 0.05) is 18.4 Å². The zero-order valence-corrected chi connectivity index (χ0v) is 26.6. The molecule has 0 saturated heterocycles. The van der Waals surface area contributed by atoms with Gasteiger partial charge in [-0.3, -0.25) is 4.79 Å². The van der Waals surface area contributed by atoms with Gasteiger partial charge in [0.25, 0.3) is 8.32 Å². The van der Waals surface area contributed by atoms with E-state index >= 15 is 0 Å². The highest BCUT2D eigenvalue weighted by Crippen LogP contribution is 2.47. The van der Waals surface area contributed by atoms with Gasteiger partial charge >= 0.3 is 5.97 Å². The number of carboxylic acids is 1. The molecule has 0 amide bonds. The number of ether oxygens (including phenoxy) is 1. The molecule has 38 heavy (non-hydrogen) atoms.